The molecular weight excluding hydrogens is 313 g/mol. The van der Waals surface area contributed by atoms with E-state index in [1.54, 1.807) is 32.3 Å². The predicted octanol–water partition coefficient (Wildman–Crippen LogP) is 3.09. The minimum Gasteiger partial charge on any atom is -0.385 e. The summed E-state index contributed by atoms with van der Waals surface area (Å²) < 4.78 is 13.7. The molecule has 2 aromatic rings. The van der Waals surface area contributed by atoms with Gasteiger partial charge in [0.15, 0.2) is 0 Å². The van der Waals surface area contributed by atoms with E-state index in [1.807, 2.05) is 0 Å². The second-order valence-electron chi connectivity index (χ2n) is 5.49. The molecule has 2 rings (SSSR count). The van der Waals surface area contributed by atoms with Crippen LogP contribution in [0.2, 0.25) is 0 Å². The third-order valence-corrected chi connectivity index (χ3v) is 3.49. The number of halogens is 1. The Morgan fingerprint density at radius 2 is 1.88 bits per heavy atom. The first-order chi connectivity index (χ1) is 11.4. The fourth-order valence-electron chi connectivity index (χ4n) is 2.18. The van der Waals surface area contributed by atoms with E-state index in [1.165, 1.54) is 29.2 Å². The van der Waals surface area contributed by atoms with Gasteiger partial charge in [0, 0.05) is 38.5 Å². The molecule has 0 aliphatic heterocycles. The number of carbonyl (C=O) groups excluding carboxylic acids is 1. The Bertz CT molecular complexity index is 745. The molecule has 7 heteroatoms. The first-order valence-electron chi connectivity index (χ1n) is 7.37. The minimum atomic E-state index is -0.561. The molecule has 0 saturated carbocycles. The molecule has 0 bridgehead atoms. The van der Waals surface area contributed by atoms with Crippen molar-refractivity contribution in [3.8, 4) is 0 Å². The summed E-state index contributed by atoms with van der Waals surface area (Å²) >= 11 is 0. The zero-order valence-electron chi connectivity index (χ0n) is 13.5. The lowest BCUT2D eigenvalue weighted by molar-refractivity contribution is -0.384. The maximum absolute atomic E-state index is 13.7. The van der Waals surface area contributed by atoms with Crippen LogP contribution in [0.4, 0.5) is 15.8 Å². The van der Waals surface area contributed by atoms with E-state index < -0.39 is 16.6 Å². The SMILES string of the molecule is CN(C)C(=O)c1cc(NCCc2ccc([N+](=O)[O-])cc2)ccc1F. The molecule has 0 saturated heterocycles. The number of nitro benzene ring substituents is 1. The van der Waals surface area contributed by atoms with Crippen LogP contribution >= 0.6 is 0 Å². The number of nitro groups is 1. The summed E-state index contributed by atoms with van der Waals surface area (Å²) in [5.41, 5.74) is 1.65. The number of nitrogens with one attached hydrogen (secondary N) is 1. The number of hydrogen-bond donors (Lipinski definition) is 1. The molecule has 126 valence electrons. The zero-order chi connectivity index (χ0) is 17.7. The van der Waals surface area contributed by atoms with E-state index >= 15 is 0 Å². The Morgan fingerprint density at radius 3 is 2.46 bits per heavy atom. The van der Waals surface area contributed by atoms with Gasteiger partial charge < -0.3 is 10.2 Å². The second-order valence-corrected chi connectivity index (χ2v) is 5.49. The largest absolute Gasteiger partial charge is 0.385 e. The van der Waals surface area contributed by atoms with Gasteiger partial charge in [-0.3, -0.25) is 14.9 Å². The Morgan fingerprint density at radius 1 is 1.21 bits per heavy atom. The van der Waals surface area contributed by atoms with Crippen LogP contribution in [-0.4, -0.2) is 36.4 Å². The van der Waals surface area contributed by atoms with Crippen LogP contribution in [0.3, 0.4) is 0 Å². The smallest absolute Gasteiger partial charge is 0.269 e. The second kappa shape index (κ2) is 7.54. The van der Waals surface area contributed by atoms with Gasteiger partial charge in [0.25, 0.3) is 11.6 Å². The number of benzene rings is 2. The van der Waals surface area contributed by atoms with Crippen molar-refractivity contribution >= 4 is 17.3 Å². The number of nitrogens with zero attached hydrogens (tertiary/aromatic N) is 2. The summed E-state index contributed by atoms with van der Waals surface area (Å²) in [6.07, 6.45) is 0.645. The molecule has 0 aliphatic rings. The van der Waals surface area contributed by atoms with Gasteiger partial charge in [-0.05, 0) is 30.2 Å². The summed E-state index contributed by atoms with van der Waals surface area (Å²) in [5, 5.41) is 13.7. The summed E-state index contributed by atoms with van der Waals surface area (Å²) in [6.45, 7) is 0.555. The fourth-order valence-corrected chi connectivity index (χ4v) is 2.18. The van der Waals surface area contributed by atoms with Gasteiger partial charge in [-0.1, -0.05) is 12.1 Å². The van der Waals surface area contributed by atoms with E-state index in [0.717, 1.165) is 5.56 Å². The van der Waals surface area contributed by atoms with Gasteiger partial charge in [-0.25, -0.2) is 4.39 Å². The molecule has 0 atom stereocenters. The van der Waals surface area contributed by atoms with Crippen LogP contribution in [0.1, 0.15) is 15.9 Å². The Balaban J connectivity index is 1.98. The fraction of sp³-hybridized carbons (Fsp3) is 0.235. The normalized spacial score (nSPS) is 10.3. The summed E-state index contributed by atoms with van der Waals surface area (Å²) in [5.74, 6) is -0.957. The van der Waals surface area contributed by atoms with Gasteiger partial charge in [-0.15, -0.1) is 0 Å². The summed E-state index contributed by atoms with van der Waals surface area (Å²) in [6, 6.07) is 10.6. The number of hydrogen-bond acceptors (Lipinski definition) is 4. The Labute approximate surface area is 139 Å². The van der Waals surface area contributed by atoms with Crippen molar-refractivity contribution < 1.29 is 14.1 Å². The van der Waals surface area contributed by atoms with E-state index in [-0.39, 0.29) is 11.3 Å². The maximum atomic E-state index is 13.7. The lowest BCUT2D eigenvalue weighted by atomic mass is 10.1. The van der Waals surface area contributed by atoms with Gasteiger partial charge in [0.2, 0.25) is 0 Å². The van der Waals surface area contributed by atoms with Crippen molar-refractivity contribution in [3.63, 3.8) is 0 Å². The van der Waals surface area contributed by atoms with E-state index in [9.17, 15) is 19.3 Å². The third kappa shape index (κ3) is 4.28. The van der Waals surface area contributed by atoms with Crippen molar-refractivity contribution in [1.82, 2.24) is 4.90 Å². The van der Waals surface area contributed by atoms with Gasteiger partial charge >= 0.3 is 0 Å². The monoisotopic (exact) mass is 331 g/mol. The van der Waals surface area contributed by atoms with Gasteiger partial charge in [0.05, 0.1) is 10.5 Å². The lowest BCUT2D eigenvalue weighted by Crippen LogP contribution is -2.23. The number of carbonyl (C=O) groups is 1. The number of anilines is 1. The van der Waals surface area contributed by atoms with Crippen molar-refractivity contribution in [1.29, 1.82) is 0 Å². The molecule has 0 aromatic heterocycles. The first kappa shape index (κ1) is 17.4. The van der Waals surface area contributed by atoms with Crippen molar-refractivity contribution in [2.45, 2.75) is 6.42 Å². The molecule has 0 heterocycles. The minimum absolute atomic E-state index is 0.0142. The highest BCUT2D eigenvalue weighted by Crippen LogP contribution is 2.17. The van der Waals surface area contributed by atoms with Crippen LogP contribution in [-0.2, 0) is 6.42 Å². The third-order valence-electron chi connectivity index (χ3n) is 3.49. The maximum Gasteiger partial charge on any atom is 0.269 e. The predicted molar refractivity (Wildman–Crippen MR) is 89.7 cm³/mol. The lowest BCUT2D eigenvalue weighted by Gasteiger charge is -2.13. The molecular formula is C17H18FN3O3. The average Bonchev–Trinajstić information content (AvgIpc) is 2.56. The highest BCUT2D eigenvalue weighted by atomic mass is 19.1. The van der Waals surface area contributed by atoms with Gasteiger partial charge in [-0.2, -0.15) is 0 Å². The van der Waals surface area contributed by atoms with Crippen molar-refractivity contribution in [3.05, 3.63) is 69.5 Å². The molecule has 1 amide bonds. The zero-order valence-corrected chi connectivity index (χ0v) is 13.5. The van der Waals surface area contributed by atoms with Crippen LogP contribution in [0.15, 0.2) is 42.5 Å². The molecule has 0 spiro atoms. The average molecular weight is 331 g/mol. The number of amides is 1. The number of non-ortho nitro benzene ring substituents is 1. The molecule has 0 radical (unpaired) electrons. The highest BCUT2D eigenvalue weighted by Gasteiger charge is 2.14. The first-order valence-corrected chi connectivity index (χ1v) is 7.37. The summed E-state index contributed by atoms with van der Waals surface area (Å²) in [7, 11) is 3.13. The molecule has 0 unspecified atom stereocenters. The van der Waals surface area contributed by atoms with E-state index in [4.69, 9.17) is 0 Å². The van der Waals surface area contributed by atoms with E-state index in [0.29, 0.717) is 18.7 Å². The molecule has 6 nitrogen and oxygen atoms in total. The molecule has 2 aromatic carbocycles. The van der Waals surface area contributed by atoms with E-state index in [2.05, 4.69) is 5.32 Å². The topological polar surface area (TPSA) is 75.5 Å². The van der Waals surface area contributed by atoms with Crippen LogP contribution < -0.4 is 5.32 Å². The number of rotatable bonds is 6. The molecule has 24 heavy (non-hydrogen) atoms. The molecule has 0 fully saturated rings. The Kier molecular flexibility index (Phi) is 5.47. The van der Waals surface area contributed by atoms with Gasteiger partial charge in [0.1, 0.15) is 5.82 Å². The molecule has 1 N–H and O–H groups in total. The standard InChI is InChI=1S/C17H18FN3O3/c1-20(2)17(22)15-11-13(5-8-16(15)18)19-10-9-12-3-6-14(7-4-12)21(23)24/h3-8,11,19H,9-10H2,1-2H3. The quantitative estimate of drug-likeness (QED) is 0.652. The van der Waals surface area contributed by atoms with Crippen LogP contribution in [0.25, 0.3) is 0 Å². The van der Waals surface area contributed by atoms with Crippen LogP contribution in [0, 0.1) is 15.9 Å². The van der Waals surface area contributed by atoms with Crippen molar-refractivity contribution in [2.24, 2.45) is 0 Å². The van der Waals surface area contributed by atoms with Crippen LogP contribution in [0.5, 0.6) is 0 Å². The molecule has 0 aliphatic carbocycles. The summed E-state index contributed by atoms with van der Waals surface area (Å²) in [4.78, 5) is 23.4. The highest BCUT2D eigenvalue weighted by molar-refractivity contribution is 5.95. The van der Waals surface area contributed by atoms with Crippen molar-refractivity contribution in [2.75, 3.05) is 26.0 Å². The Hall–Kier alpha value is -2.96.